The van der Waals surface area contributed by atoms with Gasteiger partial charge in [0.1, 0.15) is 0 Å². The highest BCUT2D eigenvalue weighted by Gasteiger charge is 2.33. The second kappa shape index (κ2) is 9.08. The van der Waals surface area contributed by atoms with Crippen LogP contribution in [0.25, 0.3) is 0 Å². The molecule has 1 aliphatic heterocycles. The molecule has 1 fully saturated rings. The van der Waals surface area contributed by atoms with E-state index in [1.807, 2.05) is 4.90 Å². The first-order chi connectivity index (χ1) is 13.8. The van der Waals surface area contributed by atoms with Crippen molar-refractivity contribution in [1.29, 1.82) is 0 Å². The maximum atomic E-state index is 13.0. The molecular weight excluding hydrogens is 385 g/mol. The molecule has 2 aromatic rings. The van der Waals surface area contributed by atoms with Crippen molar-refractivity contribution in [3.05, 3.63) is 35.7 Å². The van der Waals surface area contributed by atoms with Gasteiger partial charge in [-0.2, -0.15) is 13.2 Å². The number of anilines is 1. The molecule has 160 valence electrons. The molecule has 2 heterocycles. The summed E-state index contributed by atoms with van der Waals surface area (Å²) in [6.07, 6.45) is -4.33. The van der Waals surface area contributed by atoms with Crippen LogP contribution >= 0.6 is 0 Å². The third-order valence-electron chi connectivity index (χ3n) is 5.21. The standard InChI is InChI=1S/C19H27F3N6O/c1-14(2)17(18-23-24-25-28(18)11-12-29-3)27-9-7-26(8-10-27)16-6-4-5-15(13-16)19(20,21)22/h4-6,13-14,17H,7-12H2,1-3H3/t17-/m0/s1. The zero-order valence-electron chi connectivity index (χ0n) is 16.9. The van der Waals surface area contributed by atoms with Crippen LogP contribution in [-0.2, 0) is 17.5 Å². The normalized spacial score (nSPS) is 17.1. The number of rotatable bonds is 7. The molecule has 1 aromatic carbocycles. The summed E-state index contributed by atoms with van der Waals surface area (Å²) in [5.74, 6) is 1.08. The number of halogens is 3. The van der Waals surface area contributed by atoms with Crippen molar-refractivity contribution in [3.63, 3.8) is 0 Å². The van der Waals surface area contributed by atoms with Crippen LogP contribution in [-0.4, -0.2) is 65.0 Å². The lowest BCUT2D eigenvalue weighted by Crippen LogP contribution is -2.49. The fraction of sp³-hybridized carbons (Fsp3) is 0.632. The molecule has 1 atom stereocenters. The number of alkyl halides is 3. The topological polar surface area (TPSA) is 59.3 Å². The van der Waals surface area contributed by atoms with Gasteiger partial charge in [0, 0.05) is 39.0 Å². The molecule has 1 saturated heterocycles. The molecule has 0 unspecified atom stereocenters. The van der Waals surface area contributed by atoms with Gasteiger partial charge in [0.2, 0.25) is 0 Å². The van der Waals surface area contributed by atoms with Crippen LogP contribution in [0.15, 0.2) is 24.3 Å². The van der Waals surface area contributed by atoms with Gasteiger partial charge in [-0.15, -0.1) is 5.10 Å². The Balaban J connectivity index is 1.71. The highest BCUT2D eigenvalue weighted by atomic mass is 19.4. The Labute approximate surface area is 168 Å². The summed E-state index contributed by atoms with van der Waals surface area (Å²) in [5, 5.41) is 12.2. The van der Waals surface area contributed by atoms with Gasteiger partial charge in [0.15, 0.2) is 5.82 Å². The maximum absolute atomic E-state index is 13.0. The Morgan fingerprint density at radius 3 is 2.48 bits per heavy atom. The van der Waals surface area contributed by atoms with Crippen molar-refractivity contribution in [3.8, 4) is 0 Å². The van der Waals surface area contributed by atoms with Crippen LogP contribution in [0.1, 0.15) is 31.3 Å². The van der Waals surface area contributed by atoms with Crippen LogP contribution in [0.4, 0.5) is 18.9 Å². The number of piperazine rings is 1. The summed E-state index contributed by atoms with van der Waals surface area (Å²) in [6, 6.07) is 5.56. The molecule has 0 saturated carbocycles. The summed E-state index contributed by atoms with van der Waals surface area (Å²) in [5.41, 5.74) is -0.0136. The van der Waals surface area contributed by atoms with Crippen LogP contribution in [0, 0.1) is 5.92 Å². The molecule has 0 N–H and O–H groups in total. The molecule has 29 heavy (non-hydrogen) atoms. The van der Waals surface area contributed by atoms with Crippen molar-refractivity contribution in [2.75, 3.05) is 44.8 Å². The smallest absolute Gasteiger partial charge is 0.383 e. The van der Waals surface area contributed by atoms with Gasteiger partial charge < -0.3 is 9.64 Å². The molecule has 7 nitrogen and oxygen atoms in total. The zero-order valence-corrected chi connectivity index (χ0v) is 16.9. The second-order valence-corrected chi connectivity index (χ2v) is 7.51. The number of methoxy groups -OCH3 is 1. The van der Waals surface area contributed by atoms with Gasteiger partial charge in [0.25, 0.3) is 0 Å². The summed E-state index contributed by atoms with van der Waals surface area (Å²) >= 11 is 0. The van der Waals surface area contributed by atoms with Gasteiger partial charge in [-0.25, -0.2) is 4.68 Å². The first kappa shape index (κ1) is 21.5. The van der Waals surface area contributed by atoms with Gasteiger partial charge in [-0.1, -0.05) is 19.9 Å². The van der Waals surface area contributed by atoms with Crippen molar-refractivity contribution >= 4 is 5.69 Å². The first-order valence-electron chi connectivity index (χ1n) is 9.72. The summed E-state index contributed by atoms with van der Waals surface area (Å²) in [7, 11) is 1.64. The van der Waals surface area contributed by atoms with Gasteiger partial charge in [0.05, 0.1) is 24.8 Å². The van der Waals surface area contributed by atoms with Crippen molar-refractivity contribution in [1.82, 2.24) is 25.1 Å². The number of tetrazole rings is 1. The lowest BCUT2D eigenvalue weighted by molar-refractivity contribution is -0.137. The minimum absolute atomic E-state index is 0.0329. The van der Waals surface area contributed by atoms with E-state index in [1.165, 1.54) is 12.1 Å². The molecule has 0 bridgehead atoms. The van der Waals surface area contributed by atoms with Crippen molar-refractivity contribution in [2.24, 2.45) is 5.92 Å². The van der Waals surface area contributed by atoms with Crippen LogP contribution in [0.3, 0.4) is 0 Å². The zero-order chi connectivity index (χ0) is 21.0. The first-order valence-corrected chi connectivity index (χ1v) is 9.72. The number of ether oxygens (including phenoxy) is 1. The Morgan fingerprint density at radius 1 is 1.14 bits per heavy atom. The Morgan fingerprint density at radius 2 is 1.86 bits per heavy atom. The van der Waals surface area contributed by atoms with E-state index < -0.39 is 11.7 Å². The minimum Gasteiger partial charge on any atom is -0.383 e. The van der Waals surface area contributed by atoms with E-state index >= 15 is 0 Å². The molecule has 10 heteroatoms. The fourth-order valence-corrected chi connectivity index (χ4v) is 3.78. The Bertz CT molecular complexity index is 786. The largest absolute Gasteiger partial charge is 0.416 e. The SMILES string of the molecule is COCCn1nnnc1[C@H](C(C)C)N1CCN(c2cccc(C(F)(F)F)c2)CC1. The van der Waals surface area contributed by atoms with E-state index in [2.05, 4.69) is 34.3 Å². The van der Waals surface area contributed by atoms with E-state index in [0.29, 0.717) is 31.9 Å². The van der Waals surface area contributed by atoms with E-state index in [9.17, 15) is 13.2 Å². The number of aromatic nitrogens is 4. The number of hydrogen-bond acceptors (Lipinski definition) is 6. The maximum Gasteiger partial charge on any atom is 0.416 e. The lowest BCUT2D eigenvalue weighted by Gasteiger charge is -2.41. The molecular formula is C19H27F3N6O. The Hall–Kier alpha value is -2.20. The number of nitrogens with zero attached hydrogens (tertiary/aromatic N) is 6. The average molecular weight is 412 g/mol. The highest BCUT2D eigenvalue weighted by molar-refractivity contribution is 5.49. The second-order valence-electron chi connectivity index (χ2n) is 7.51. The molecule has 0 aliphatic carbocycles. The summed E-state index contributed by atoms with van der Waals surface area (Å²) in [4.78, 5) is 4.31. The molecule has 0 amide bonds. The van der Waals surface area contributed by atoms with E-state index in [4.69, 9.17) is 4.74 Å². The quantitative estimate of drug-likeness (QED) is 0.697. The van der Waals surface area contributed by atoms with Crippen LogP contribution in [0.5, 0.6) is 0 Å². The molecule has 1 aromatic heterocycles. The van der Waals surface area contributed by atoms with E-state index in [-0.39, 0.29) is 12.0 Å². The number of benzene rings is 1. The van der Waals surface area contributed by atoms with E-state index in [0.717, 1.165) is 25.0 Å². The minimum atomic E-state index is -4.33. The van der Waals surface area contributed by atoms with Crippen LogP contribution in [0.2, 0.25) is 0 Å². The third-order valence-corrected chi connectivity index (χ3v) is 5.21. The van der Waals surface area contributed by atoms with Gasteiger partial charge in [-0.05, 0) is 34.5 Å². The van der Waals surface area contributed by atoms with Gasteiger partial charge in [-0.3, -0.25) is 4.90 Å². The molecule has 0 spiro atoms. The summed E-state index contributed by atoms with van der Waals surface area (Å²) < 4.78 is 46.0. The predicted molar refractivity (Wildman–Crippen MR) is 103 cm³/mol. The highest BCUT2D eigenvalue weighted by Crippen LogP contribution is 2.33. The average Bonchev–Trinajstić information content (AvgIpc) is 3.14. The third kappa shape index (κ3) is 5.05. The molecule has 0 radical (unpaired) electrons. The van der Waals surface area contributed by atoms with Gasteiger partial charge >= 0.3 is 6.18 Å². The fourth-order valence-electron chi connectivity index (χ4n) is 3.78. The summed E-state index contributed by atoms with van der Waals surface area (Å²) in [6.45, 7) is 8.07. The Kier molecular flexibility index (Phi) is 6.74. The van der Waals surface area contributed by atoms with Crippen molar-refractivity contribution in [2.45, 2.75) is 32.6 Å². The molecule has 3 rings (SSSR count). The predicted octanol–water partition coefficient (Wildman–Crippen LogP) is 2.86. The monoisotopic (exact) mass is 412 g/mol. The molecule has 1 aliphatic rings. The van der Waals surface area contributed by atoms with Crippen molar-refractivity contribution < 1.29 is 17.9 Å². The number of hydrogen-bond donors (Lipinski definition) is 0. The van der Waals surface area contributed by atoms with Crippen LogP contribution < -0.4 is 4.90 Å². The van der Waals surface area contributed by atoms with E-state index in [1.54, 1.807) is 17.9 Å². The lowest BCUT2D eigenvalue weighted by atomic mass is 10.0.